The van der Waals surface area contributed by atoms with Crippen molar-refractivity contribution in [3.8, 4) is 0 Å². The number of hydrogen-bond acceptors (Lipinski definition) is 3. The summed E-state index contributed by atoms with van der Waals surface area (Å²) in [4.78, 5) is 4.79. The highest BCUT2D eigenvalue weighted by atomic mass is 16.8. The molecule has 0 aromatic carbocycles. The van der Waals surface area contributed by atoms with E-state index < -0.39 is 0 Å². The lowest BCUT2D eigenvalue weighted by Gasteiger charge is -2.03. The molecule has 0 radical (unpaired) electrons. The number of rotatable bonds is 1. The summed E-state index contributed by atoms with van der Waals surface area (Å²) in [5.74, 6) is 1.03. The summed E-state index contributed by atoms with van der Waals surface area (Å²) >= 11 is 0. The largest absolute Gasteiger partial charge is 0.436 e. The average Bonchev–Trinajstić information content (AvgIpc) is 2.14. The molecule has 0 N–H and O–H groups in total. The van der Waals surface area contributed by atoms with E-state index in [4.69, 9.17) is 9.57 Å². The van der Waals surface area contributed by atoms with Crippen LogP contribution in [-0.2, 0) is 9.57 Å². The van der Waals surface area contributed by atoms with Crippen molar-refractivity contribution in [1.82, 2.24) is 0 Å². The van der Waals surface area contributed by atoms with Crippen LogP contribution in [-0.4, -0.2) is 12.2 Å². The predicted molar refractivity (Wildman–Crippen MR) is 33.9 cm³/mol. The first-order chi connectivity index (χ1) is 4.20. The quantitative estimate of drug-likeness (QED) is 0.535. The third kappa shape index (κ3) is 1.34. The van der Waals surface area contributed by atoms with Crippen LogP contribution in [0.25, 0.3) is 0 Å². The van der Waals surface area contributed by atoms with E-state index in [-0.39, 0.29) is 6.29 Å². The molecule has 52 valence electrons. The van der Waals surface area contributed by atoms with Crippen LogP contribution in [0.2, 0.25) is 0 Å². The summed E-state index contributed by atoms with van der Waals surface area (Å²) in [5, 5.41) is 3.71. The van der Waals surface area contributed by atoms with Gasteiger partial charge in [-0.05, 0) is 5.16 Å². The van der Waals surface area contributed by atoms with E-state index in [9.17, 15) is 0 Å². The zero-order valence-electron chi connectivity index (χ0n) is 5.92. The molecule has 1 heterocycles. The summed E-state index contributed by atoms with van der Waals surface area (Å²) < 4.78 is 5.15. The van der Waals surface area contributed by atoms with Crippen LogP contribution in [0.15, 0.2) is 5.16 Å². The predicted octanol–water partition coefficient (Wildman–Crippen LogP) is 1.35. The molecule has 0 amide bonds. The van der Waals surface area contributed by atoms with Gasteiger partial charge < -0.3 is 9.57 Å². The minimum absolute atomic E-state index is 0.192. The van der Waals surface area contributed by atoms with Gasteiger partial charge in [0, 0.05) is 12.8 Å². The van der Waals surface area contributed by atoms with E-state index >= 15 is 0 Å². The highest BCUT2D eigenvalue weighted by Gasteiger charge is 2.18. The highest BCUT2D eigenvalue weighted by molar-refractivity contribution is 5.78. The van der Waals surface area contributed by atoms with Gasteiger partial charge in [0.05, 0.1) is 0 Å². The molecule has 0 saturated heterocycles. The van der Waals surface area contributed by atoms with E-state index in [1.54, 1.807) is 0 Å². The van der Waals surface area contributed by atoms with Crippen LogP contribution in [0, 0.1) is 5.92 Å². The molecule has 0 fully saturated rings. The van der Waals surface area contributed by atoms with Gasteiger partial charge in [-0.25, -0.2) is 0 Å². The summed E-state index contributed by atoms with van der Waals surface area (Å²) in [6.07, 6.45) is -0.192. The lowest BCUT2D eigenvalue weighted by Crippen LogP contribution is -2.11. The van der Waals surface area contributed by atoms with E-state index in [0.29, 0.717) is 11.8 Å². The first kappa shape index (κ1) is 6.39. The van der Waals surface area contributed by atoms with Gasteiger partial charge in [0.15, 0.2) is 0 Å². The lowest BCUT2D eigenvalue weighted by atomic mass is 10.2. The van der Waals surface area contributed by atoms with Gasteiger partial charge >= 0.3 is 0 Å². The smallest absolute Gasteiger partial charge is 0.264 e. The molecule has 3 nitrogen and oxygen atoms in total. The maximum Gasteiger partial charge on any atom is 0.264 e. The number of oxime groups is 1. The second-order valence-corrected chi connectivity index (χ2v) is 2.38. The Bertz CT molecular complexity index is 131. The second-order valence-electron chi connectivity index (χ2n) is 2.38. The standard InChI is InChI=1S/C6H11NO2/c1-4(2)6-7-9-5(3)8-6/h4-5H,1-3H3. The van der Waals surface area contributed by atoms with E-state index in [1.807, 2.05) is 20.8 Å². The Morgan fingerprint density at radius 2 is 2.22 bits per heavy atom. The van der Waals surface area contributed by atoms with Crippen LogP contribution in [0.3, 0.4) is 0 Å². The average molecular weight is 129 g/mol. The van der Waals surface area contributed by atoms with Gasteiger partial charge in [-0.15, -0.1) is 0 Å². The Balaban J connectivity index is 2.45. The fourth-order valence-electron chi connectivity index (χ4n) is 0.581. The van der Waals surface area contributed by atoms with Gasteiger partial charge in [-0.1, -0.05) is 13.8 Å². The number of hydrogen-bond donors (Lipinski definition) is 0. The van der Waals surface area contributed by atoms with Gasteiger partial charge in [0.25, 0.3) is 6.29 Å². The highest BCUT2D eigenvalue weighted by Crippen LogP contribution is 2.11. The fraction of sp³-hybridized carbons (Fsp3) is 0.833. The third-order valence-electron chi connectivity index (χ3n) is 1.07. The van der Waals surface area contributed by atoms with Crippen molar-refractivity contribution >= 4 is 5.90 Å². The maximum atomic E-state index is 5.15. The SMILES string of the molecule is CC1ON=C(C(C)C)O1. The molecule has 0 aromatic heterocycles. The van der Waals surface area contributed by atoms with E-state index in [1.165, 1.54) is 0 Å². The Kier molecular flexibility index (Phi) is 1.60. The van der Waals surface area contributed by atoms with Crippen LogP contribution in [0.5, 0.6) is 0 Å². The number of nitrogens with zero attached hydrogens (tertiary/aromatic N) is 1. The molecule has 1 aliphatic rings. The van der Waals surface area contributed by atoms with Crippen LogP contribution in [0.1, 0.15) is 20.8 Å². The summed E-state index contributed by atoms with van der Waals surface area (Å²) in [6.45, 7) is 5.85. The topological polar surface area (TPSA) is 30.8 Å². The summed E-state index contributed by atoms with van der Waals surface area (Å²) in [5.41, 5.74) is 0. The number of ether oxygens (including phenoxy) is 1. The Hall–Kier alpha value is -0.730. The molecular weight excluding hydrogens is 118 g/mol. The molecule has 0 bridgehead atoms. The molecule has 1 atom stereocenters. The molecule has 9 heavy (non-hydrogen) atoms. The molecule has 0 aliphatic carbocycles. The van der Waals surface area contributed by atoms with Crippen molar-refractivity contribution in [1.29, 1.82) is 0 Å². The van der Waals surface area contributed by atoms with Gasteiger partial charge in [0.2, 0.25) is 5.90 Å². The summed E-state index contributed by atoms with van der Waals surface area (Å²) in [7, 11) is 0. The first-order valence-electron chi connectivity index (χ1n) is 3.10. The van der Waals surface area contributed by atoms with E-state index in [2.05, 4.69) is 5.16 Å². The van der Waals surface area contributed by atoms with Crippen LogP contribution in [0.4, 0.5) is 0 Å². The van der Waals surface area contributed by atoms with Crippen molar-refractivity contribution < 1.29 is 9.57 Å². The molecule has 1 rings (SSSR count). The minimum Gasteiger partial charge on any atom is -0.436 e. The zero-order valence-corrected chi connectivity index (χ0v) is 5.92. The molecule has 1 unspecified atom stereocenters. The molecule has 0 spiro atoms. The fourth-order valence-corrected chi connectivity index (χ4v) is 0.581. The Morgan fingerprint density at radius 1 is 1.56 bits per heavy atom. The normalized spacial score (nSPS) is 25.3. The van der Waals surface area contributed by atoms with Gasteiger partial charge in [0.1, 0.15) is 0 Å². The summed E-state index contributed by atoms with van der Waals surface area (Å²) in [6, 6.07) is 0. The van der Waals surface area contributed by atoms with Crippen LogP contribution >= 0.6 is 0 Å². The van der Waals surface area contributed by atoms with Gasteiger partial charge in [-0.2, -0.15) is 0 Å². The second kappa shape index (κ2) is 2.25. The zero-order chi connectivity index (χ0) is 6.85. The van der Waals surface area contributed by atoms with Crippen molar-refractivity contribution in [2.75, 3.05) is 0 Å². The maximum absolute atomic E-state index is 5.15. The lowest BCUT2D eigenvalue weighted by molar-refractivity contribution is -0.0331. The molecule has 0 aromatic rings. The molecule has 0 saturated carbocycles. The molecule has 3 heteroatoms. The van der Waals surface area contributed by atoms with Crippen molar-refractivity contribution in [2.45, 2.75) is 27.1 Å². The Morgan fingerprint density at radius 3 is 2.44 bits per heavy atom. The van der Waals surface area contributed by atoms with Crippen molar-refractivity contribution in [3.63, 3.8) is 0 Å². The van der Waals surface area contributed by atoms with Crippen LogP contribution < -0.4 is 0 Å². The third-order valence-corrected chi connectivity index (χ3v) is 1.07. The van der Waals surface area contributed by atoms with E-state index in [0.717, 1.165) is 0 Å². The molecule has 1 aliphatic heterocycles. The van der Waals surface area contributed by atoms with Crippen molar-refractivity contribution in [2.24, 2.45) is 11.1 Å². The molecular formula is C6H11NO2. The van der Waals surface area contributed by atoms with Gasteiger partial charge in [-0.3, -0.25) is 0 Å². The monoisotopic (exact) mass is 129 g/mol. The Labute approximate surface area is 54.6 Å². The minimum atomic E-state index is -0.192. The van der Waals surface area contributed by atoms with Crippen molar-refractivity contribution in [3.05, 3.63) is 0 Å². The first-order valence-corrected chi connectivity index (χ1v) is 3.10.